The van der Waals surface area contributed by atoms with Crippen LogP contribution in [0.15, 0.2) is 12.1 Å². The van der Waals surface area contributed by atoms with Gasteiger partial charge < -0.3 is 14.4 Å². The summed E-state index contributed by atoms with van der Waals surface area (Å²) in [4.78, 5) is 2.48. The van der Waals surface area contributed by atoms with Gasteiger partial charge in [-0.1, -0.05) is 19.8 Å². The van der Waals surface area contributed by atoms with Crippen LogP contribution in [0.4, 0.5) is 5.69 Å². The van der Waals surface area contributed by atoms with Crippen molar-refractivity contribution in [2.24, 2.45) is 5.92 Å². The maximum absolute atomic E-state index is 5.97. The van der Waals surface area contributed by atoms with E-state index in [0.29, 0.717) is 0 Å². The number of hydrogen-bond donors (Lipinski definition) is 0. The minimum atomic E-state index is 0.802. The highest BCUT2D eigenvalue weighted by molar-refractivity contribution is 5.63. The van der Waals surface area contributed by atoms with E-state index >= 15 is 0 Å². The van der Waals surface area contributed by atoms with E-state index in [-0.39, 0.29) is 0 Å². The first-order valence-electron chi connectivity index (χ1n) is 9.34. The number of nitrogens with zero attached hydrogens (tertiary/aromatic N) is 1. The molecule has 0 fully saturated rings. The van der Waals surface area contributed by atoms with Crippen LogP contribution < -0.4 is 9.64 Å². The maximum atomic E-state index is 5.97. The van der Waals surface area contributed by atoms with Gasteiger partial charge in [-0.05, 0) is 61.3 Å². The smallest absolute Gasteiger partial charge is 0.142 e. The summed E-state index contributed by atoms with van der Waals surface area (Å²) in [5.41, 5.74) is 4.39. The van der Waals surface area contributed by atoms with Crippen molar-refractivity contribution in [3.8, 4) is 5.75 Å². The van der Waals surface area contributed by atoms with Crippen molar-refractivity contribution in [1.82, 2.24) is 0 Å². The molecule has 1 atom stereocenters. The number of benzene rings is 1. The molecule has 0 bridgehead atoms. The lowest BCUT2D eigenvalue weighted by atomic mass is 9.85. The fourth-order valence-corrected chi connectivity index (χ4v) is 3.99. The lowest BCUT2D eigenvalue weighted by Gasteiger charge is -2.33. The summed E-state index contributed by atoms with van der Waals surface area (Å²) < 4.78 is 11.2. The number of anilines is 1. The third kappa shape index (κ3) is 4.00. The van der Waals surface area contributed by atoms with Crippen molar-refractivity contribution < 1.29 is 9.47 Å². The number of fused-ring (bicyclic) bond motifs is 2. The lowest BCUT2D eigenvalue weighted by molar-refractivity contribution is 0.195. The maximum Gasteiger partial charge on any atom is 0.142 e. The number of methoxy groups -OCH3 is 1. The molecule has 3 rings (SSSR count). The molecule has 2 aliphatic rings. The SMILES string of the molecule is CCC1CCCc2cc3c(cc2CC1)N(CCCOC)CCO3. The molecule has 1 aromatic carbocycles. The van der Waals surface area contributed by atoms with E-state index in [2.05, 4.69) is 24.0 Å². The highest BCUT2D eigenvalue weighted by Gasteiger charge is 2.22. The standard InChI is InChI=1S/C20H31NO2/c1-3-16-6-4-7-17-15-20-19(14-18(17)9-8-16)21(11-13-23-20)10-5-12-22-2/h14-16H,3-13H2,1-2H3. The van der Waals surface area contributed by atoms with E-state index in [4.69, 9.17) is 9.47 Å². The van der Waals surface area contributed by atoms with Crippen molar-refractivity contribution in [3.05, 3.63) is 23.3 Å². The fraction of sp³-hybridized carbons (Fsp3) is 0.700. The molecular weight excluding hydrogens is 286 g/mol. The minimum absolute atomic E-state index is 0.802. The van der Waals surface area contributed by atoms with Gasteiger partial charge in [0.2, 0.25) is 0 Å². The Hall–Kier alpha value is -1.22. The van der Waals surface area contributed by atoms with Gasteiger partial charge in [0.25, 0.3) is 0 Å². The van der Waals surface area contributed by atoms with E-state index in [1.165, 1.54) is 49.8 Å². The zero-order chi connectivity index (χ0) is 16.1. The molecule has 0 saturated carbocycles. The zero-order valence-electron chi connectivity index (χ0n) is 14.8. The largest absolute Gasteiger partial charge is 0.490 e. The van der Waals surface area contributed by atoms with E-state index in [9.17, 15) is 0 Å². The van der Waals surface area contributed by atoms with E-state index in [1.54, 1.807) is 12.7 Å². The van der Waals surface area contributed by atoms with Crippen LogP contribution in [0.2, 0.25) is 0 Å². The van der Waals surface area contributed by atoms with Crippen molar-refractivity contribution in [1.29, 1.82) is 0 Å². The van der Waals surface area contributed by atoms with Crippen molar-refractivity contribution in [2.45, 2.75) is 51.9 Å². The zero-order valence-corrected chi connectivity index (χ0v) is 14.8. The molecule has 3 heteroatoms. The van der Waals surface area contributed by atoms with Gasteiger partial charge in [-0.25, -0.2) is 0 Å². The second-order valence-electron chi connectivity index (χ2n) is 6.98. The normalized spacial score (nSPS) is 21.0. The Labute approximate surface area is 141 Å². The molecular formula is C20H31NO2. The first-order valence-corrected chi connectivity index (χ1v) is 9.34. The van der Waals surface area contributed by atoms with Gasteiger partial charge in [0.1, 0.15) is 12.4 Å². The Morgan fingerprint density at radius 3 is 2.91 bits per heavy atom. The van der Waals surface area contributed by atoms with Crippen LogP contribution in [0.1, 0.15) is 50.2 Å². The van der Waals surface area contributed by atoms with Crippen molar-refractivity contribution >= 4 is 5.69 Å². The van der Waals surface area contributed by atoms with E-state index < -0.39 is 0 Å². The van der Waals surface area contributed by atoms with Gasteiger partial charge >= 0.3 is 0 Å². The Balaban J connectivity index is 1.80. The molecule has 23 heavy (non-hydrogen) atoms. The molecule has 0 N–H and O–H groups in total. The third-order valence-corrected chi connectivity index (χ3v) is 5.47. The summed E-state index contributed by atoms with van der Waals surface area (Å²) in [7, 11) is 1.78. The average molecular weight is 317 g/mol. The molecule has 0 saturated heterocycles. The first-order chi connectivity index (χ1) is 11.3. The summed E-state index contributed by atoms with van der Waals surface area (Å²) in [6.45, 7) is 6.02. The second-order valence-corrected chi connectivity index (χ2v) is 6.98. The molecule has 1 aliphatic heterocycles. The number of aryl methyl sites for hydroxylation is 2. The van der Waals surface area contributed by atoms with Gasteiger partial charge in [0.15, 0.2) is 0 Å². The Kier molecular flexibility index (Phi) is 5.82. The van der Waals surface area contributed by atoms with Crippen molar-refractivity contribution in [3.63, 3.8) is 0 Å². The predicted molar refractivity (Wildman–Crippen MR) is 95.7 cm³/mol. The summed E-state index contributed by atoms with van der Waals surface area (Å²) in [5, 5.41) is 0. The predicted octanol–water partition coefficient (Wildman–Crippen LogP) is 4.22. The van der Waals surface area contributed by atoms with Gasteiger partial charge in [-0.15, -0.1) is 0 Å². The van der Waals surface area contributed by atoms with Gasteiger partial charge in [0.05, 0.1) is 12.2 Å². The molecule has 0 spiro atoms. The van der Waals surface area contributed by atoms with Crippen LogP contribution in [0.25, 0.3) is 0 Å². The van der Waals surface area contributed by atoms with Gasteiger partial charge in [0, 0.05) is 20.3 Å². The highest BCUT2D eigenvalue weighted by atomic mass is 16.5. The van der Waals surface area contributed by atoms with Crippen LogP contribution in [-0.4, -0.2) is 33.4 Å². The van der Waals surface area contributed by atoms with E-state index in [1.807, 2.05) is 0 Å². The van der Waals surface area contributed by atoms with Crippen LogP contribution in [0.3, 0.4) is 0 Å². The molecule has 1 aliphatic carbocycles. The molecule has 0 radical (unpaired) electrons. The molecule has 1 unspecified atom stereocenters. The number of hydrogen-bond acceptors (Lipinski definition) is 3. The Bertz CT molecular complexity index is 515. The quantitative estimate of drug-likeness (QED) is 0.759. The first kappa shape index (κ1) is 16.6. The molecule has 128 valence electrons. The highest BCUT2D eigenvalue weighted by Crippen LogP contribution is 2.37. The van der Waals surface area contributed by atoms with Crippen LogP contribution in [0.5, 0.6) is 5.75 Å². The van der Waals surface area contributed by atoms with Crippen molar-refractivity contribution in [2.75, 3.05) is 38.3 Å². The van der Waals surface area contributed by atoms with Gasteiger partial charge in [-0.3, -0.25) is 0 Å². The van der Waals surface area contributed by atoms with E-state index in [0.717, 1.165) is 44.4 Å². The lowest BCUT2D eigenvalue weighted by Crippen LogP contribution is -2.34. The molecule has 1 heterocycles. The summed E-state index contributed by atoms with van der Waals surface area (Å²) in [5.74, 6) is 2.01. The Morgan fingerprint density at radius 1 is 1.22 bits per heavy atom. The second kappa shape index (κ2) is 8.05. The molecule has 1 aromatic rings. The van der Waals surface area contributed by atoms with Gasteiger partial charge in [-0.2, -0.15) is 0 Å². The minimum Gasteiger partial charge on any atom is -0.490 e. The van der Waals surface area contributed by atoms with Crippen LogP contribution in [0, 0.1) is 5.92 Å². The molecule has 3 nitrogen and oxygen atoms in total. The Morgan fingerprint density at radius 2 is 2.09 bits per heavy atom. The summed E-state index contributed by atoms with van der Waals surface area (Å²) in [6.07, 6.45) is 8.89. The molecule has 0 aromatic heterocycles. The topological polar surface area (TPSA) is 21.7 Å². The van der Waals surface area contributed by atoms with Crippen LogP contribution >= 0.6 is 0 Å². The average Bonchev–Trinajstić information content (AvgIpc) is 2.55. The summed E-state index contributed by atoms with van der Waals surface area (Å²) >= 11 is 0. The molecule has 0 amide bonds. The fourth-order valence-electron chi connectivity index (χ4n) is 3.99. The van der Waals surface area contributed by atoms with Crippen LogP contribution in [-0.2, 0) is 17.6 Å². The monoisotopic (exact) mass is 317 g/mol. The number of rotatable bonds is 5. The summed E-state index contributed by atoms with van der Waals surface area (Å²) in [6, 6.07) is 4.76. The number of ether oxygens (including phenoxy) is 2. The third-order valence-electron chi connectivity index (χ3n) is 5.47.